The molecule has 6 heteroatoms. The van der Waals surface area contributed by atoms with E-state index in [-0.39, 0.29) is 0 Å². The molecule has 0 bridgehead atoms. The predicted molar refractivity (Wildman–Crippen MR) is 86.7 cm³/mol. The predicted octanol–water partition coefficient (Wildman–Crippen LogP) is 0.948. The van der Waals surface area contributed by atoms with Crippen molar-refractivity contribution in [2.45, 2.75) is 25.9 Å². The highest BCUT2D eigenvalue weighted by Gasteiger charge is 2.19. The summed E-state index contributed by atoms with van der Waals surface area (Å²) < 4.78 is 5.14. The van der Waals surface area contributed by atoms with E-state index in [0.29, 0.717) is 17.3 Å². The van der Waals surface area contributed by atoms with Crippen molar-refractivity contribution in [1.29, 1.82) is 0 Å². The van der Waals surface area contributed by atoms with Gasteiger partial charge < -0.3 is 14.8 Å². The number of benzene rings is 1. The van der Waals surface area contributed by atoms with Crippen LogP contribution in [-0.4, -0.2) is 54.3 Å². The fourth-order valence-corrected chi connectivity index (χ4v) is 3.13. The van der Waals surface area contributed by atoms with Crippen LogP contribution in [0.15, 0.2) is 18.2 Å². The third-order valence-corrected chi connectivity index (χ3v) is 4.18. The van der Waals surface area contributed by atoms with Crippen molar-refractivity contribution in [2.24, 2.45) is 0 Å². The van der Waals surface area contributed by atoms with Crippen molar-refractivity contribution < 1.29 is 14.8 Å². The average Bonchev–Trinajstić information content (AvgIpc) is 2.44. The van der Waals surface area contributed by atoms with E-state index in [0.717, 1.165) is 24.3 Å². The van der Waals surface area contributed by atoms with Gasteiger partial charge in [0.1, 0.15) is 5.75 Å². The topological polar surface area (TPSA) is 52.9 Å². The molecule has 0 fully saturated rings. The van der Waals surface area contributed by atoms with Gasteiger partial charge in [-0.05, 0) is 31.4 Å². The maximum absolute atomic E-state index is 9.39. The lowest BCUT2D eigenvalue weighted by atomic mass is 9.78. The van der Waals surface area contributed by atoms with Crippen LogP contribution in [-0.2, 0) is 6.54 Å². The molecule has 1 atom stereocenters. The molecule has 0 aromatic heterocycles. The van der Waals surface area contributed by atoms with E-state index in [9.17, 15) is 10.0 Å². The average molecular weight is 297 g/mol. The molecule has 0 saturated carbocycles. The van der Waals surface area contributed by atoms with Gasteiger partial charge in [-0.25, -0.2) is 0 Å². The second-order valence-electron chi connectivity index (χ2n) is 4.88. The summed E-state index contributed by atoms with van der Waals surface area (Å²) in [5, 5.41) is 18.8. The van der Waals surface area contributed by atoms with Gasteiger partial charge in [0.05, 0.1) is 7.11 Å². The zero-order valence-corrected chi connectivity index (χ0v) is 13.5. The Hall–Kier alpha value is -0.685. The Balaban J connectivity index is 2.84. The number of hydrogen-bond donors (Lipinski definition) is 2. The van der Waals surface area contributed by atoms with Gasteiger partial charge in [-0.1, -0.05) is 19.1 Å². The van der Waals surface area contributed by atoms with Crippen molar-refractivity contribution in [2.75, 3.05) is 26.2 Å². The number of nitrogens with zero attached hydrogens (tertiary/aromatic N) is 1. The highest BCUT2D eigenvalue weighted by Crippen LogP contribution is 2.15. The third-order valence-electron chi connectivity index (χ3n) is 3.46. The molecule has 1 aromatic rings. The summed E-state index contributed by atoms with van der Waals surface area (Å²) >= 11 is 1.85. The number of thioether (sulfide) groups is 1. The van der Waals surface area contributed by atoms with Crippen molar-refractivity contribution in [3.8, 4) is 5.75 Å². The third kappa shape index (κ3) is 4.70. The minimum atomic E-state index is -1.51. The van der Waals surface area contributed by atoms with E-state index in [2.05, 4.69) is 25.1 Å². The molecule has 0 heterocycles. The molecule has 20 heavy (non-hydrogen) atoms. The molecule has 0 amide bonds. The monoisotopic (exact) mass is 297 g/mol. The van der Waals surface area contributed by atoms with Crippen LogP contribution in [0.1, 0.15) is 18.9 Å². The van der Waals surface area contributed by atoms with Crippen molar-refractivity contribution in [1.82, 2.24) is 4.90 Å². The lowest BCUT2D eigenvalue weighted by molar-refractivity contribution is 0.248. The van der Waals surface area contributed by atoms with Gasteiger partial charge >= 0.3 is 7.12 Å². The first-order valence-corrected chi connectivity index (χ1v) is 8.15. The van der Waals surface area contributed by atoms with Crippen LogP contribution >= 0.6 is 11.8 Å². The maximum atomic E-state index is 9.39. The second kappa shape index (κ2) is 8.57. The van der Waals surface area contributed by atoms with Crippen LogP contribution in [0.5, 0.6) is 5.75 Å². The largest absolute Gasteiger partial charge is 0.497 e. The van der Waals surface area contributed by atoms with Crippen LogP contribution in [0, 0.1) is 0 Å². The van der Waals surface area contributed by atoms with Crippen LogP contribution in [0.25, 0.3) is 0 Å². The number of methoxy groups -OCH3 is 1. The highest BCUT2D eigenvalue weighted by atomic mass is 32.2. The Kier molecular flexibility index (Phi) is 7.44. The maximum Gasteiger partial charge on any atom is 0.492 e. The summed E-state index contributed by atoms with van der Waals surface area (Å²) in [5.74, 6) is 1.60. The molecule has 0 aliphatic heterocycles. The molecule has 1 rings (SSSR count). The second-order valence-corrected chi connectivity index (χ2v) is 5.79. The summed E-state index contributed by atoms with van der Waals surface area (Å²) in [7, 11) is 2.12. The SMILES string of the molecule is CCC(CSC)N(C)Cc1ccc(OC)c(B(O)O)c1. The van der Waals surface area contributed by atoms with Crippen LogP contribution in [0.3, 0.4) is 0 Å². The van der Waals surface area contributed by atoms with Crippen molar-refractivity contribution in [3.63, 3.8) is 0 Å². The molecule has 1 aromatic carbocycles. The van der Waals surface area contributed by atoms with Crippen molar-refractivity contribution >= 4 is 24.3 Å². The lowest BCUT2D eigenvalue weighted by Gasteiger charge is -2.27. The summed E-state index contributed by atoms with van der Waals surface area (Å²) in [6, 6.07) is 6.07. The van der Waals surface area contributed by atoms with Gasteiger partial charge in [0.25, 0.3) is 0 Å². The smallest absolute Gasteiger partial charge is 0.492 e. The molecule has 2 N–H and O–H groups in total. The van der Waals surface area contributed by atoms with Gasteiger partial charge in [-0.15, -0.1) is 0 Å². The molecule has 0 saturated heterocycles. The molecule has 0 aliphatic carbocycles. The molecule has 0 radical (unpaired) electrons. The molecule has 0 aliphatic rings. The van der Waals surface area contributed by atoms with Gasteiger partial charge in [-0.2, -0.15) is 11.8 Å². The Morgan fingerprint density at radius 3 is 2.60 bits per heavy atom. The van der Waals surface area contributed by atoms with Gasteiger partial charge in [0.15, 0.2) is 0 Å². The van der Waals surface area contributed by atoms with Gasteiger partial charge in [-0.3, -0.25) is 4.90 Å². The first-order chi connectivity index (χ1) is 9.53. The molecule has 1 unspecified atom stereocenters. The number of hydrogen-bond acceptors (Lipinski definition) is 5. The minimum absolute atomic E-state index is 0.413. The minimum Gasteiger partial charge on any atom is -0.497 e. The Morgan fingerprint density at radius 2 is 2.10 bits per heavy atom. The van der Waals surface area contributed by atoms with Crippen LogP contribution < -0.4 is 10.2 Å². The molecule has 0 spiro atoms. The Morgan fingerprint density at radius 1 is 1.40 bits per heavy atom. The first-order valence-electron chi connectivity index (χ1n) is 6.75. The number of ether oxygens (including phenoxy) is 1. The fourth-order valence-electron chi connectivity index (χ4n) is 2.25. The van der Waals surface area contributed by atoms with E-state index < -0.39 is 7.12 Å². The Labute approximate surface area is 126 Å². The normalized spacial score (nSPS) is 12.6. The van der Waals surface area contributed by atoms with Gasteiger partial charge in [0.2, 0.25) is 0 Å². The summed E-state index contributed by atoms with van der Waals surface area (Å²) in [4.78, 5) is 2.30. The summed E-state index contributed by atoms with van der Waals surface area (Å²) in [6.45, 7) is 2.97. The molecular weight excluding hydrogens is 273 g/mol. The standard InChI is InChI=1S/C14H24BNO3S/c1-5-12(10-20-4)16(2)9-11-6-7-14(19-3)13(8-11)15(17)18/h6-8,12,17-18H,5,9-10H2,1-4H3. The zero-order chi connectivity index (χ0) is 15.1. The van der Waals surface area contributed by atoms with E-state index in [1.165, 1.54) is 7.11 Å². The Bertz CT molecular complexity index is 417. The van der Waals surface area contributed by atoms with Crippen LogP contribution in [0.4, 0.5) is 0 Å². The quantitative estimate of drug-likeness (QED) is 0.700. The van der Waals surface area contributed by atoms with E-state index in [1.807, 2.05) is 17.8 Å². The van der Waals surface area contributed by atoms with E-state index >= 15 is 0 Å². The summed E-state index contributed by atoms with van der Waals surface area (Å²) in [6.07, 6.45) is 3.22. The van der Waals surface area contributed by atoms with Gasteiger partial charge in [0, 0.05) is 23.8 Å². The lowest BCUT2D eigenvalue weighted by Crippen LogP contribution is -2.34. The first kappa shape index (κ1) is 17.4. The van der Waals surface area contributed by atoms with Crippen LogP contribution in [0.2, 0.25) is 0 Å². The van der Waals surface area contributed by atoms with E-state index in [1.54, 1.807) is 12.1 Å². The summed E-state index contributed by atoms with van der Waals surface area (Å²) in [5.41, 5.74) is 1.47. The van der Waals surface area contributed by atoms with E-state index in [4.69, 9.17) is 4.74 Å². The molecule has 4 nitrogen and oxygen atoms in total. The van der Waals surface area contributed by atoms with Crippen molar-refractivity contribution in [3.05, 3.63) is 23.8 Å². The fraction of sp³-hybridized carbons (Fsp3) is 0.571. The number of rotatable bonds is 8. The molecule has 112 valence electrons. The molecular formula is C14H24BNO3S. The zero-order valence-electron chi connectivity index (χ0n) is 12.7. The highest BCUT2D eigenvalue weighted by molar-refractivity contribution is 7.98.